The highest BCUT2D eigenvalue weighted by atomic mass is 19.4. The standard InChI is InChI=1S/C18H23F3N2O3/c1-25-15-11-23(9-8-17(15)7-2-10-26-17)12-16(24)22-14-5-3-13(4-6-14)18(19,20)21/h3-6,15H,2,7-12H2,1H3,(H,22,24). The number of halogens is 3. The van der Waals surface area contributed by atoms with Gasteiger partial charge >= 0.3 is 6.18 Å². The molecule has 5 nitrogen and oxygen atoms in total. The number of methoxy groups -OCH3 is 1. The zero-order valence-corrected chi connectivity index (χ0v) is 14.6. The monoisotopic (exact) mass is 372 g/mol. The zero-order chi connectivity index (χ0) is 18.8. The molecule has 0 aliphatic carbocycles. The number of hydrogen-bond donors (Lipinski definition) is 1. The van der Waals surface area contributed by atoms with E-state index in [1.807, 2.05) is 4.90 Å². The van der Waals surface area contributed by atoms with E-state index in [9.17, 15) is 18.0 Å². The van der Waals surface area contributed by atoms with Crippen LogP contribution in [0.4, 0.5) is 18.9 Å². The van der Waals surface area contributed by atoms with Crippen LogP contribution in [0.2, 0.25) is 0 Å². The lowest BCUT2D eigenvalue weighted by atomic mass is 9.86. The molecule has 1 N–H and O–H groups in total. The third-order valence-corrected chi connectivity index (χ3v) is 5.14. The molecule has 0 saturated carbocycles. The van der Waals surface area contributed by atoms with Crippen molar-refractivity contribution in [2.75, 3.05) is 38.7 Å². The maximum absolute atomic E-state index is 12.6. The zero-order valence-electron chi connectivity index (χ0n) is 14.6. The number of anilines is 1. The fraction of sp³-hybridized carbons (Fsp3) is 0.611. The van der Waals surface area contributed by atoms with Gasteiger partial charge in [0.15, 0.2) is 0 Å². The number of piperidine rings is 1. The molecule has 144 valence electrons. The predicted octanol–water partition coefficient (Wildman–Crippen LogP) is 2.91. The summed E-state index contributed by atoms with van der Waals surface area (Å²) in [5.74, 6) is -0.261. The van der Waals surface area contributed by atoms with Gasteiger partial charge < -0.3 is 14.8 Å². The van der Waals surface area contributed by atoms with Crippen LogP contribution in [0, 0.1) is 0 Å². The maximum Gasteiger partial charge on any atom is 0.416 e. The molecule has 2 aliphatic rings. The van der Waals surface area contributed by atoms with Gasteiger partial charge in [-0.15, -0.1) is 0 Å². The van der Waals surface area contributed by atoms with Gasteiger partial charge in [-0.3, -0.25) is 9.69 Å². The van der Waals surface area contributed by atoms with Gasteiger partial charge in [0.1, 0.15) is 0 Å². The second-order valence-corrected chi connectivity index (χ2v) is 6.85. The van der Waals surface area contributed by atoms with Crippen molar-refractivity contribution in [2.45, 2.75) is 37.1 Å². The Labute approximate surface area is 150 Å². The molecule has 2 fully saturated rings. The number of alkyl halides is 3. The van der Waals surface area contributed by atoms with Gasteiger partial charge in [-0.1, -0.05) is 0 Å². The van der Waals surface area contributed by atoms with Crippen LogP contribution in [0.1, 0.15) is 24.8 Å². The van der Waals surface area contributed by atoms with Crippen LogP contribution in [0.5, 0.6) is 0 Å². The highest BCUT2D eigenvalue weighted by molar-refractivity contribution is 5.92. The van der Waals surface area contributed by atoms with Crippen LogP contribution in [-0.4, -0.2) is 55.9 Å². The van der Waals surface area contributed by atoms with Crippen molar-refractivity contribution in [1.82, 2.24) is 4.90 Å². The minimum atomic E-state index is -4.39. The largest absolute Gasteiger partial charge is 0.416 e. The Morgan fingerprint density at radius 3 is 2.65 bits per heavy atom. The Morgan fingerprint density at radius 1 is 1.35 bits per heavy atom. The molecule has 2 atom stereocenters. The second-order valence-electron chi connectivity index (χ2n) is 6.85. The maximum atomic E-state index is 12.6. The van der Waals surface area contributed by atoms with Crippen LogP contribution < -0.4 is 5.32 Å². The topological polar surface area (TPSA) is 50.8 Å². The smallest absolute Gasteiger partial charge is 0.377 e. The Balaban J connectivity index is 1.54. The predicted molar refractivity (Wildman–Crippen MR) is 89.8 cm³/mol. The van der Waals surface area contributed by atoms with Crippen molar-refractivity contribution in [1.29, 1.82) is 0 Å². The van der Waals surface area contributed by atoms with E-state index in [2.05, 4.69) is 5.32 Å². The fourth-order valence-corrected chi connectivity index (χ4v) is 3.75. The van der Waals surface area contributed by atoms with Gasteiger partial charge in [-0.2, -0.15) is 13.2 Å². The third-order valence-electron chi connectivity index (χ3n) is 5.14. The van der Waals surface area contributed by atoms with Crippen LogP contribution in [0.25, 0.3) is 0 Å². The Bertz CT molecular complexity index is 628. The van der Waals surface area contributed by atoms with Gasteiger partial charge in [0.05, 0.1) is 23.8 Å². The third kappa shape index (κ3) is 4.19. The Kier molecular flexibility index (Phi) is 5.55. The number of nitrogens with zero attached hydrogens (tertiary/aromatic N) is 1. The SMILES string of the molecule is COC1CN(CC(=O)Nc2ccc(C(F)(F)F)cc2)CCC12CCCO2. The minimum Gasteiger partial charge on any atom is -0.377 e. The van der Waals surface area contributed by atoms with Gasteiger partial charge in [-0.25, -0.2) is 0 Å². The molecule has 2 heterocycles. The lowest BCUT2D eigenvalue weighted by Crippen LogP contribution is -2.57. The normalized spacial score (nSPS) is 27.0. The Morgan fingerprint density at radius 2 is 2.08 bits per heavy atom. The molecule has 26 heavy (non-hydrogen) atoms. The van der Waals surface area contributed by atoms with E-state index in [1.165, 1.54) is 12.1 Å². The van der Waals surface area contributed by atoms with E-state index in [4.69, 9.17) is 9.47 Å². The van der Waals surface area contributed by atoms with E-state index in [1.54, 1.807) is 7.11 Å². The van der Waals surface area contributed by atoms with Gasteiger partial charge in [-0.05, 0) is 43.5 Å². The van der Waals surface area contributed by atoms with Gasteiger partial charge in [0.2, 0.25) is 5.91 Å². The summed E-state index contributed by atoms with van der Waals surface area (Å²) in [6, 6.07) is 4.43. The van der Waals surface area contributed by atoms with Gasteiger partial charge in [0.25, 0.3) is 0 Å². The molecule has 0 bridgehead atoms. The van der Waals surface area contributed by atoms with Crippen molar-refractivity contribution < 1.29 is 27.4 Å². The number of carbonyl (C=O) groups excluding carboxylic acids is 1. The summed E-state index contributed by atoms with van der Waals surface area (Å²) in [5.41, 5.74) is -0.634. The first-order valence-electron chi connectivity index (χ1n) is 8.69. The van der Waals surface area contributed by atoms with E-state index in [0.29, 0.717) is 12.2 Å². The number of nitrogens with one attached hydrogen (secondary N) is 1. The molecular weight excluding hydrogens is 349 g/mol. The van der Waals surface area contributed by atoms with E-state index in [0.717, 1.165) is 44.5 Å². The number of likely N-dealkylation sites (tertiary alicyclic amines) is 1. The molecule has 1 aromatic rings. The number of rotatable bonds is 4. The minimum absolute atomic E-state index is 0.0855. The molecule has 2 saturated heterocycles. The first kappa shape index (κ1) is 19.1. The van der Waals surface area contributed by atoms with Gasteiger partial charge in [0, 0.05) is 32.5 Å². The molecule has 2 aliphatic heterocycles. The number of benzene rings is 1. The highest BCUT2D eigenvalue weighted by Gasteiger charge is 2.46. The van der Waals surface area contributed by atoms with Crippen LogP contribution in [0.3, 0.4) is 0 Å². The Hall–Kier alpha value is -1.64. The van der Waals surface area contributed by atoms with E-state index >= 15 is 0 Å². The van der Waals surface area contributed by atoms with Crippen molar-refractivity contribution in [3.8, 4) is 0 Å². The molecule has 0 aromatic heterocycles. The molecule has 0 radical (unpaired) electrons. The summed E-state index contributed by atoms with van der Waals surface area (Å²) in [7, 11) is 1.65. The van der Waals surface area contributed by atoms with E-state index in [-0.39, 0.29) is 24.2 Å². The molecule has 2 unspecified atom stereocenters. The lowest BCUT2D eigenvalue weighted by molar-refractivity contribution is -0.145. The summed E-state index contributed by atoms with van der Waals surface area (Å²) >= 11 is 0. The van der Waals surface area contributed by atoms with Crippen LogP contribution in [-0.2, 0) is 20.4 Å². The quantitative estimate of drug-likeness (QED) is 0.883. The summed E-state index contributed by atoms with van der Waals surface area (Å²) < 4.78 is 49.2. The highest BCUT2D eigenvalue weighted by Crippen LogP contribution is 2.37. The van der Waals surface area contributed by atoms with Crippen molar-refractivity contribution >= 4 is 11.6 Å². The van der Waals surface area contributed by atoms with Crippen molar-refractivity contribution in [3.05, 3.63) is 29.8 Å². The number of amides is 1. The van der Waals surface area contributed by atoms with Crippen LogP contribution in [0.15, 0.2) is 24.3 Å². The fourth-order valence-electron chi connectivity index (χ4n) is 3.75. The van der Waals surface area contributed by atoms with Crippen LogP contribution >= 0.6 is 0 Å². The summed E-state index contributed by atoms with van der Waals surface area (Å²) in [4.78, 5) is 14.2. The number of hydrogen-bond acceptors (Lipinski definition) is 4. The summed E-state index contributed by atoms with van der Waals surface area (Å²) in [5, 5.41) is 2.64. The molecule has 1 spiro atoms. The number of ether oxygens (including phenoxy) is 2. The average Bonchev–Trinajstić information content (AvgIpc) is 3.05. The summed E-state index contributed by atoms with van der Waals surface area (Å²) in [6.07, 6.45) is -1.67. The summed E-state index contributed by atoms with van der Waals surface area (Å²) in [6.45, 7) is 2.22. The molecule has 1 aromatic carbocycles. The number of carbonyl (C=O) groups is 1. The van der Waals surface area contributed by atoms with Crippen molar-refractivity contribution in [3.63, 3.8) is 0 Å². The first-order chi connectivity index (χ1) is 12.3. The van der Waals surface area contributed by atoms with Crippen molar-refractivity contribution in [2.24, 2.45) is 0 Å². The molecule has 3 rings (SSSR count). The molecule has 1 amide bonds. The average molecular weight is 372 g/mol. The first-order valence-corrected chi connectivity index (χ1v) is 8.69. The molecular formula is C18H23F3N2O3. The van der Waals surface area contributed by atoms with E-state index < -0.39 is 11.7 Å². The second kappa shape index (κ2) is 7.54. The molecule has 8 heteroatoms. The lowest BCUT2D eigenvalue weighted by Gasteiger charge is -2.44.